The van der Waals surface area contributed by atoms with Crippen molar-refractivity contribution in [2.45, 2.75) is 26.7 Å². The van der Waals surface area contributed by atoms with Crippen molar-refractivity contribution in [3.05, 3.63) is 0 Å². The fraction of sp³-hybridized carbons (Fsp3) is 0.909. The molecule has 1 saturated heterocycles. The predicted molar refractivity (Wildman–Crippen MR) is 59.3 cm³/mol. The van der Waals surface area contributed by atoms with E-state index < -0.39 is 0 Å². The summed E-state index contributed by atoms with van der Waals surface area (Å²) in [6.45, 7) is 7.44. The van der Waals surface area contributed by atoms with Crippen LogP contribution in [0.4, 0.5) is 0 Å². The number of nitrogens with zero attached hydrogens (tertiary/aromatic N) is 2. The lowest BCUT2D eigenvalue weighted by molar-refractivity contribution is -0.137. The van der Waals surface area contributed by atoms with Crippen molar-refractivity contribution in [3.63, 3.8) is 0 Å². The van der Waals surface area contributed by atoms with Gasteiger partial charge in [0, 0.05) is 32.1 Å². The minimum Gasteiger partial charge on any atom is -0.381 e. The van der Waals surface area contributed by atoms with Gasteiger partial charge in [-0.1, -0.05) is 0 Å². The molecule has 0 radical (unpaired) electrons. The van der Waals surface area contributed by atoms with Crippen LogP contribution in [0.15, 0.2) is 0 Å². The fourth-order valence-electron chi connectivity index (χ4n) is 2.11. The van der Waals surface area contributed by atoms with Crippen LogP contribution < -0.4 is 0 Å². The molecule has 0 aromatic heterocycles. The van der Waals surface area contributed by atoms with Crippen LogP contribution in [0.25, 0.3) is 0 Å². The average Bonchev–Trinajstić information content (AvgIpc) is 2.30. The van der Waals surface area contributed by atoms with E-state index in [4.69, 9.17) is 5.11 Å². The molecule has 0 bridgehead atoms. The molecule has 0 atom stereocenters. The maximum Gasteiger partial charge on any atom is 0.225 e. The summed E-state index contributed by atoms with van der Waals surface area (Å²) in [4.78, 5) is 15.9. The Kier molecular flexibility index (Phi) is 5.05. The second-order valence-corrected chi connectivity index (χ2v) is 4.04. The van der Waals surface area contributed by atoms with Crippen LogP contribution in [-0.2, 0) is 4.79 Å². The summed E-state index contributed by atoms with van der Waals surface area (Å²) in [5.41, 5.74) is 0. The van der Waals surface area contributed by atoms with Crippen LogP contribution in [0.3, 0.4) is 0 Å². The SMILES string of the molecule is CCN(CC)C(=O)C1CCN(CO)CC1. The first-order valence-electron chi connectivity index (χ1n) is 5.84. The summed E-state index contributed by atoms with van der Waals surface area (Å²) in [6, 6.07) is 0. The molecule has 88 valence electrons. The van der Waals surface area contributed by atoms with Crippen LogP contribution in [0.1, 0.15) is 26.7 Å². The maximum absolute atomic E-state index is 12.0. The van der Waals surface area contributed by atoms with Gasteiger partial charge in [-0.15, -0.1) is 0 Å². The van der Waals surface area contributed by atoms with Crippen molar-refractivity contribution in [1.29, 1.82) is 0 Å². The van der Waals surface area contributed by atoms with Gasteiger partial charge in [-0.25, -0.2) is 0 Å². The highest BCUT2D eigenvalue weighted by molar-refractivity contribution is 5.78. The molecule has 0 aliphatic carbocycles. The van der Waals surface area contributed by atoms with Gasteiger partial charge in [0.15, 0.2) is 0 Å². The molecular formula is C11H22N2O2. The number of likely N-dealkylation sites (tertiary alicyclic amines) is 1. The van der Waals surface area contributed by atoms with Crippen LogP contribution in [0.2, 0.25) is 0 Å². The molecule has 1 rings (SSSR count). The van der Waals surface area contributed by atoms with Crippen molar-refractivity contribution in [3.8, 4) is 0 Å². The molecule has 1 aliphatic heterocycles. The number of aliphatic hydroxyl groups is 1. The summed E-state index contributed by atoms with van der Waals surface area (Å²) in [6.07, 6.45) is 1.77. The molecule has 0 aromatic rings. The second-order valence-electron chi connectivity index (χ2n) is 4.04. The average molecular weight is 214 g/mol. The molecule has 4 nitrogen and oxygen atoms in total. The van der Waals surface area contributed by atoms with Crippen molar-refractivity contribution >= 4 is 5.91 Å². The minimum atomic E-state index is 0.117. The van der Waals surface area contributed by atoms with Crippen molar-refractivity contribution in [1.82, 2.24) is 9.80 Å². The smallest absolute Gasteiger partial charge is 0.225 e. The fourth-order valence-corrected chi connectivity index (χ4v) is 2.11. The number of hydrogen-bond acceptors (Lipinski definition) is 3. The van der Waals surface area contributed by atoms with E-state index in [1.807, 2.05) is 23.6 Å². The summed E-state index contributed by atoms with van der Waals surface area (Å²) >= 11 is 0. The highest BCUT2D eigenvalue weighted by Crippen LogP contribution is 2.19. The Bertz CT molecular complexity index is 197. The zero-order valence-electron chi connectivity index (χ0n) is 9.78. The minimum absolute atomic E-state index is 0.117. The standard InChI is InChI=1S/C11H22N2O2/c1-3-13(4-2)11(15)10-5-7-12(9-14)8-6-10/h10,14H,3-9H2,1-2H3. The van der Waals surface area contributed by atoms with E-state index in [9.17, 15) is 4.79 Å². The largest absolute Gasteiger partial charge is 0.381 e. The number of carbonyl (C=O) groups is 1. The molecule has 0 saturated carbocycles. The van der Waals surface area contributed by atoms with Gasteiger partial charge >= 0.3 is 0 Å². The molecule has 15 heavy (non-hydrogen) atoms. The van der Waals surface area contributed by atoms with E-state index in [1.54, 1.807) is 0 Å². The molecule has 0 spiro atoms. The quantitative estimate of drug-likeness (QED) is 0.742. The first kappa shape index (κ1) is 12.5. The number of aliphatic hydroxyl groups excluding tert-OH is 1. The summed E-state index contributed by atoms with van der Waals surface area (Å²) in [5.74, 6) is 0.463. The van der Waals surface area contributed by atoms with Crippen LogP contribution in [0.5, 0.6) is 0 Å². The number of rotatable bonds is 4. The highest BCUT2D eigenvalue weighted by atomic mass is 16.3. The van der Waals surface area contributed by atoms with Gasteiger partial charge in [-0.3, -0.25) is 9.69 Å². The van der Waals surface area contributed by atoms with Gasteiger partial charge in [0.1, 0.15) is 0 Å². The van der Waals surface area contributed by atoms with Gasteiger partial charge in [0.2, 0.25) is 5.91 Å². The van der Waals surface area contributed by atoms with Crippen LogP contribution in [-0.4, -0.2) is 53.7 Å². The van der Waals surface area contributed by atoms with Gasteiger partial charge < -0.3 is 10.0 Å². The first-order valence-corrected chi connectivity index (χ1v) is 5.84. The molecule has 0 unspecified atom stereocenters. The molecule has 1 aliphatic rings. The summed E-state index contributed by atoms with van der Waals surface area (Å²) < 4.78 is 0. The zero-order chi connectivity index (χ0) is 11.3. The Labute approximate surface area is 91.9 Å². The Hall–Kier alpha value is -0.610. The van der Waals surface area contributed by atoms with Crippen LogP contribution >= 0.6 is 0 Å². The lowest BCUT2D eigenvalue weighted by atomic mass is 9.95. The van der Waals surface area contributed by atoms with E-state index in [0.717, 1.165) is 39.0 Å². The van der Waals surface area contributed by atoms with Crippen molar-refractivity contribution < 1.29 is 9.90 Å². The third kappa shape index (κ3) is 3.18. The summed E-state index contributed by atoms with van der Waals surface area (Å²) in [7, 11) is 0. The molecular weight excluding hydrogens is 192 g/mol. The molecule has 0 aromatic carbocycles. The molecule has 1 fully saturated rings. The zero-order valence-corrected chi connectivity index (χ0v) is 9.78. The number of amides is 1. The monoisotopic (exact) mass is 214 g/mol. The van der Waals surface area contributed by atoms with Gasteiger partial charge in [0.25, 0.3) is 0 Å². The number of carbonyl (C=O) groups excluding carboxylic acids is 1. The van der Waals surface area contributed by atoms with Crippen molar-refractivity contribution in [2.75, 3.05) is 32.9 Å². The first-order chi connectivity index (χ1) is 7.22. The summed E-state index contributed by atoms with van der Waals surface area (Å²) in [5, 5.41) is 8.95. The van der Waals surface area contributed by atoms with Crippen LogP contribution in [0, 0.1) is 5.92 Å². The Morgan fingerprint density at radius 3 is 2.27 bits per heavy atom. The Balaban J connectivity index is 2.42. The van der Waals surface area contributed by atoms with E-state index in [1.165, 1.54) is 0 Å². The lowest BCUT2D eigenvalue weighted by Gasteiger charge is -2.32. The van der Waals surface area contributed by atoms with E-state index in [0.29, 0.717) is 0 Å². The third-order valence-electron chi connectivity index (χ3n) is 3.21. The normalized spacial score (nSPS) is 19.1. The molecule has 1 heterocycles. The third-order valence-corrected chi connectivity index (χ3v) is 3.21. The molecule has 4 heteroatoms. The van der Waals surface area contributed by atoms with E-state index in [2.05, 4.69) is 0 Å². The second kappa shape index (κ2) is 6.08. The Morgan fingerprint density at radius 2 is 1.87 bits per heavy atom. The van der Waals surface area contributed by atoms with Gasteiger partial charge in [0.05, 0.1) is 6.73 Å². The van der Waals surface area contributed by atoms with Crippen molar-refractivity contribution in [2.24, 2.45) is 5.92 Å². The van der Waals surface area contributed by atoms with Gasteiger partial charge in [-0.2, -0.15) is 0 Å². The van der Waals surface area contributed by atoms with E-state index >= 15 is 0 Å². The Morgan fingerprint density at radius 1 is 1.33 bits per heavy atom. The molecule has 1 N–H and O–H groups in total. The maximum atomic E-state index is 12.0. The highest BCUT2D eigenvalue weighted by Gasteiger charge is 2.26. The molecule has 1 amide bonds. The number of hydrogen-bond donors (Lipinski definition) is 1. The topological polar surface area (TPSA) is 43.8 Å². The predicted octanol–water partition coefficient (Wildman–Crippen LogP) is 0.517. The number of piperidine rings is 1. The lowest BCUT2D eigenvalue weighted by Crippen LogP contribution is -2.42. The van der Waals surface area contributed by atoms with Gasteiger partial charge in [-0.05, 0) is 26.7 Å². The van der Waals surface area contributed by atoms with E-state index in [-0.39, 0.29) is 18.6 Å².